The van der Waals surface area contributed by atoms with E-state index in [1.165, 1.54) is 65.3 Å². The van der Waals surface area contributed by atoms with Crippen LogP contribution in [0.1, 0.15) is 0 Å². The van der Waals surface area contributed by atoms with Gasteiger partial charge < -0.3 is 9.32 Å². The second-order valence-corrected chi connectivity index (χ2v) is 15.7. The van der Waals surface area contributed by atoms with Crippen LogP contribution in [0.15, 0.2) is 229 Å². The van der Waals surface area contributed by atoms with Crippen molar-refractivity contribution in [2.45, 2.75) is 0 Å². The molecule has 0 aliphatic carbocycles. The van der Waals surface area contributed by atoms with Crippen LogP contribution in [0.25, 0.3) is 98.4 Å². The van der Waals surface area contributed by atoms with Crippen LogP contribution in [0, 0.1) is 0 Å². The summed E-state index contributed by atoms with van der Waals surface area (Å²) in [6.07, 6.45) is 0. The van der Waals surface area contributed by atoms with Crippen LogP contribution in [0.2, 0.25) is 0 Å². The molecule has 0 saturated carbocycles. The molecule has 12 aromatic rings. The van der Waals surface area contributed by atoms with Gasteiger partial charge in [0.2, 0.25) is 0 Å². The second-order valence-electron chi connectivity index (χ2n) is 15.7. The van der Waals surface area contributed by atoms with Crippen molar-refractivity contribution in [2.75, 3.05) is 4.90 Å². The molecule has 1 heterocycles. The van der Waals surface area contributed by atoms with E-state index in [1.807, 2.05) is 6.07 Å². The summed E-state index contributed by atoms with van der Waals surface area (Å²) < 4.78 is 6.42. The highest BCUT2D eigenvalue weighted by Gasteiger charge is 2.20. The van der Waals surface area contributed by atoms with Crippen LogP contribution in [-0.4, -0.2) is 0 Å². The third kappa shape index (κ3) is 5.65. The van der Waals surface area contributed by atoms with Gasteiger partial charge in [-0.25, -0.2) is 0 Å². The van der Waals surface area contributed by atoms with Crippen LogP contribution >= 0.6 is 0 Å². The molecule has 12 rings (SSSR count). The average molecular weight is 764 g/mol. The lowest BCUT2D eigenvalue weighted by Gasteiger charge is -2.27. The highest BCUT2D eigenvalue weighted by atomic mass is 16.3. The van der Waals surface area contributed by atoms with Crippen molar-refractivity contribution in [1.29, 1.82) is 0 Å². The van der Waals surface area contributed by atoms with Gasteiger partial charge in [0.05, 0.1) is 11.1 Å². The minimum atomic E-state index is 0.868. The lowest BCUT2D eigenvalue weighted by atomic mass is 9.94. The van der Waals surface area contributed by atoms with Gasteiger partial charge in [-0.15, -0.1) is 0 Å². The zero-order valence-electron chi connectivity index (χ0n) is 32.7. The van der Waals surface area contributed by atoms with Crippen LogP contribution in [0.5, 0.6) is 0 Å². The van der Waals surface area contributed by atoms with Crippen molar-refractivity contribution in [3.8, 4) is 33.4 Å². The van der Waals surface area contributed by atoms with E-state index in [9.17, 15) is 0 Å². The fourth-order valence-corrected chi connectivity index (χ4v) is 9.32. The van der Waals surface area contributed by atoms with Gasteiger partial charge in [-0.3, -0.25) is 0 Å². The number of para-hydroxylation sites is 1. The number of fused-ring (bicyclic) bond motifs is 9. The summed E-state index contributed by atoms with van der Waals surface area (Å²) in [6.45, 7) is 0. The van der Waals surface area contributed by atoms with Gasteiger partial charge in [-0.05, 0) is 125 Å². The fraction of sp³-hybridized carbons (Fsp3) is 0. The molecule has 2 nitrogen and oxygen atoms in total. The maximum absolute atomic E-state index is 6.42. The number of nitrogens with zero attached hydrogens (tertiary/aromatic N) is 1. The predicted octanol–water partition coefficient (Wildman–Crippen LogP) is 16.7. The maximum atomic E-state index is 6.42. The van der Waals surface area contributed by atoms with Gasteiger partial charge in [0.25, 0.3) is 0 Å². The molecule has 0 unspecified atom stereocenters. The molecule has 0 radical (unpaired) electrons. The topological polar surface area (TPSA) is 16.4 Å². The smallest absolute Gasteiger partial charge is 0.137 e. The zero-order chi connectivity index (χ0) is 39.6. The molecule has 0 saturated heterocycles. The summed E-state index contributed by atoms with van der Waals surface area (Å²) >= 11 is 0. The summed E-state index contributed by atoms with van der Waals surface area (Å²) in [4.78, 5) is 2.38. The normalized spacial score (nSPS) is 11.7. The molecule has 2 heteroatoms. The van der Waals surface area contributed by atoms with E-state index >= 15 is 0 Å². The molecule has 0 aliphatic heterocycles. The molecule has 60 heavy (non-hydrogen) atoms. The van der Waals surface area contributed by atoms with E-state index in [4.69, 9.17) is 4.42 Å². The number of furan rings is 1. The summed E-state index contributed by atoms with van der Waals surface area (Å²) in [5.41, 5.74) is 12.1. The maximum Gasteiger partial charge on any atom is 0.137 e. The van der Waals surface area contributed by atoms with E-state index in [0.29, 0.717) is 0 Å². The largest absolute Gasteiger partial charge is 0.456 e. The standard InChI is InChI=1S/C58H37NO/c1-3-14-48-40(10-1)26-27-45-36-44(31-34-51(45)48)39-24-22-38(23-25-39)43-12-7-13-47(37-43)59(55-19-9-21-57-58(55)54-16-5-6-20-56(54)60-57)46-32-28-42(29-33-46)50-17-8-18-52-49-15-4-2-11-41(49)30-35-53(50)52/h1-37H. The van der Waals surface area contributed by atoms with Crippen molar-refractivity contribution >= 4 is 82.1 Å². The van der Waals surface area contributed by atoms with Crippen molar-refractivity contribution in [3.63, 3.8) is 0 Å². The zero-order valence-corrected chi connectivity index (χ0v) is 32.7. The molecule has 0 amide bonds. The highest BCUT2D eigenvalue weighted by Crippen LogP contribution is 2.44. The third-order valence-electron chi connectivity index (χ3n) is 12.2. The van der Waals surface area contributed by atoms with Gasteiger partial charge in [0, 0.05) is 16.8 Å². The van der Waals surface area contributed by atoms with Gasteiger partial charge in [-0.2, -0.15) is 0 Å². The molecule has 11 aromatic carbocycles. The number of rotatable bonds is 6. The molecule has 0 bridgehead atoms. The van der Waals surface area contributed by atoms with Crippen LogP contribution in [-0.2, 0) is 0 Å². The molecular formula is C58H37NO. The van der Waals surface area contributed by atoms with Crippen LogP contribution < -0.4 is 4.90 Å². The highest BCUT2D eigenvalue weighted by molar-refractivity contribution is 6.14. The van der Waals surface area contributed by atoms with Gasteiger partial charge in [0.1, 0.15) is 11.2 Å². The van der Waals surface area contributed by atoms with E-state index in [0.717, 1.165) is 50.1 Å². The fourth-order valence-electron chi connectivity index (χ4n) is 9.32. The summed E-state index contributed by atoms with van der Waals surface area (Å²) in [7, 11) is 0. The quantitative estimate of drug-likeness (QED) is 0.157. The van der Waals surface area contributed by atoms with Crippen molar-refractivity contribution in [2.24, 2.45) is 0 Å². The molecule has 1 aromatic heterocycles. The number of hydrogen-bond acceptors (Lipinski definition) is 2. The molecule has 0 spiro atoms. The minimum Gasteiger partial charge on any atom is -0.456 e. The third-order valence-corrected chi connectivity index (χ3v) is 12.2. The Bertz CT molecular complexity index is 3600. The van der Waals surface area contributed by atoms with Gasteiger partial charge in [-0.1, -0.05) is 176 Å². The average Bonchev–Trinajstić information content (AvgIpc) is 3.71. The van der Waals surface area contributed by atoms with Crippen molar-refractivity contribution < 1.29 is 4.42 Å². The Labute approximate surface area is 347 Å². The van der Waals surface area contributed by atoms with Gasteiger partial charge in [0.15, 0.2) is 0 Å². The lowest BCUT2D eigenvalue weighted by molar-refractivity contribution is 0.669. The molecule has 0 N–H and O–H groups in total. The monoisotopic (exact) mass is 763 g/mol. The summed E-state index contributed by atoms with van der Waals surface area (Å²) in [5, 5.41) is 12.3. The number of benzene rings is 11. The molecule has 280 valence electrons. The molecule has 0 fully saturated rings. The van der Waals surface area contributed by atoms with Crippen LogP contribution in [0.3, 0.4) is 0 Å². The number of hydrogen-bond donors (Lipinski definition) is 0. The van der Waals surface area contributed by atoms with E-state index in [1.54, 1.807) is 0 Å². The minimum absolute atomic E-state index is 0.868. The first-order valence-electron chi connectivity index (χ1n) is 20.6. The lowest BCUT2D eigenvalue weighted by Crippen LogP contribution is -2.10. The van der Waals surface area contributed by atoms with E-state index in [2.05, 4.69) is 223 Å². The van der Waals surface area contributed by atoms with Crippen molar-refractivity contribution in [3.05, 3.63) is 224 Å². The Morgan fingerprint density at radius 1 is 0.283 bits per heavy atom. The SMILES string of the molecule is c1cc(-c2ccc(-c3ccc4c(ccc5ccccc54)c3)cc2)cc(N(c2ccc(-c3cccc4c3ccc3ccccc34)cc2)c2cccc3oc4ccccc4c23)c1. The molecule has 0 atom stereocenters. The predicted molar refractivity (Wildman–Crippen MR) is 255 cm³/mol. The summed E-state index contributed by atoms with van der Waals surface area (Å²) in [5.74, 6) is 0. The second kappa shape index (κ2) is 13.9. The Kier molecular flexibility index (Phi) is 7.89. The van der Waals surface area contributed by atoms with Crippen LogP contribution in [0.4, 0.5) is 17.1 Å². The molecule has 0 aliphatic rings. The Morgan fingerprint density at radius 3 is 1.63 bits per heavy atom. The summed E-state index contributed by atoms with van der Waals surface area (Å²) in [6, 6.07) is 81.3. The first-order valence-corrected chi connectivity index (χ1v) is 20.6. The Balaban J connectivity index is 0.950. The van der Waals surface area contributed by atoms with E-state index in [-0.39, 0.29) is 0 Å². The van der Waals surface area contributed by atoms with Gasteiger partial charge >= 0.3 is 0 Å². The first-order chi connectivity index (χ1) is 29.7. The first kappa shape index (κ1) is 34.1. The Morgan fingerprint density at radius 2 is 0.833 bits per heavy atom. The molecular weight excluding hydrogens is 727 g/mol. The Hall–Kier alpha value is -7.94. The van der Waals surface area contributed by atoms with Crippen molar-refractivity contribution in [1.82, 2.24) is 0 Å². The number of anilines is 3. The van der Waals surface area contributed by atoms with E-state index < -0.39 is 0 Å².